The molecule has 0 spiro atoms. The summed E-state index contributed by atoms with van der Waals surface area (Å²) in [4.78, 5) is 12.4. The van der Waals surface area contributed by atoms with Gasteiger partial charge in [-0.1, -0.05) is 44.2 Å². The fourth-order valence-electron chi connectivity index (χ4n) is 2.72. The standard InChI is InChI=1S/C22H30N2O2.ClH/c1-16(2)15-26-19-12-10-18(11-13-19)22(3,4)24-21(25)14-9-17-7-5-6-8-20(17)23;/h5-8,10-13,16H,9,14-15,23H2,1-4H3,(H,24,25);1H. The zero-order valence-electron chi connectivity index (χ0n) is 16.6. The molecule has 2 rings (SSSR count). The molecular formula is C22H31ClN2O2. The van der Waals surface area contributed by atoms with Crippen molar-refractivity contribution in [3.05, 3.63) is 59.7 Å². The molecule has 0 atom stereocenters. The van der Waals surface area contributed by atoms with Gasteiger partial charge in [-0.2, -0.15) is 0 Å². The molecule has 0 aliphatic rings. The van der Waals surface area contributed by atoms with Gasteiger partial charge in [0.15, 0.2) is 0 Å². The van der Waals surface area contributed by atoms with Crippen LogP contribution in [-0.2, 0) is 16.8 Å². The maximum absolute atomic E-state index is 12.4. The van der Waals surface area contributed by atoms with Gasteiger partial charge in [-0.25, -0.2) is 0 Å². The van der Waals surface area contributed by atoms with E-state index >= 15 is 0 Å². The number of anilines is 1. The lowest BCUT2D eigenvalue weighted by Gasteiger charge is -2.27. The van der Waals surface area contributed by atoms with E-state index in [0.717, 1.165) is 22.6 Å². The first-order valence-corrected chi connectivity index (χ1v) is 9.15. The molecule has 0 heterocycles. The maximum Gasteiger partial charge on any atom is 0.221 e. The summed E-state index contributed by atoms with van der Waals surface area (Å²) in [6.07, 6.45) is 1.05. The first-order chi connectivity index (χ1) is 12.3. The molecule has 2 aromatic rings. The van der Waals surface area contributed by atoms with Crippen LogP contribution in [0.1, 0.15) is 45.2 Å². The van der Waals surface area contributed by atoms with E-state index in [-0.39, 0.29) is 18.3 Å². The Morgan fingerprint density at radius 1 is 1.11 bits per heavy atom. The number of ether oxygens (including phenoxy) is 1. The molecule has 0 bridgehead atoms. The number of nitrogen functional groups attached to an aromatic ring is 1. The van der Waals surface area contributed by atoms with Crippen LogP contribution in [0.3, 0.4) is 0 Å². The second-order valence-electron chi connectivity index (χ2n) is 7.60. The number of amides is 1. The van der Waals surface area contributed by atoms with Crippen molar-refractivity contribution in [2.45, 2.75) is 46.1 Å². The lowest BCUT2D eigenvalue weighted by atomic mass is 9.93. The number of halogens is 1. The minimum Gasteiger partial charge on any atom is -0.493 e. The number of carbonyl (C=O) groups excluding carboxylic acids is 1. The predicted octanol–water partition coefficient (Wildman–Crippen LogP) is 4.71. The van der Waals surface area contributed by atoms with Gasteiger partial charge in [-0.15, -0.1) is 12.4 Å². The van der Waals surface area contributed by atoms with Gasteiger partial charge in [0, 0.05) is 12.1 Å². The van der Waals surface area contributed by atoms with Crippen molar-refractivity contribution in [3.63, 3.8) is 0 Å². The lowest BCUT2D eigenvalue weighted by molar-refractivity contribution is -0.122. The number of hydrogen-bond acceptors (Lipinski definition) is 3. The third-order valence-electron chi connectivity index (χ3n) is 4.29. The molecule has 0 fully saturated rings. The summed E-state index contributed by atoms with van der Waals surface area (Å²) in [5.74, 6) is 1.35. The molecule has 0 aromatic heterocycles. The van der Waals surface area contributed by atoms with Crippen LogP contribution in [0.25, 0.3) is 0 Å². The first kappa shape index (κ1) is 22.8. The molecule has 27 heavy (non-hydrogen) atoms. The van der Waals surface area contributed by atoms with E-state index < -0.39 is 5.54 Å². The van der Waals surface area contributed by atoms with Crippen LogP contribution in [0.15, 0.2) is 48.5 Å². The number of nitrogens with one attached hydrogen (secondary N) is 1. The average Bonchev–Trinajstić information content (AvgIpc) is 2.59. The number of nitrogens with two attached hydrogens (primary N) is 1. The van der Waals surface area contributed by atoms with Gasteiger partial charge in [0.25, 0.3) is 0 Å². The first-order valence-electron chi connectivity index (χ1n) is 9.15. The van der Waals surface area contributed by atoms with E-state index in [1.165, 1.54) is 0 Å². The summed E-state index contributed by atoms with van der Waals surface area (Å²) in [6.45, 7) is 8.95. The molecular weight excluding hydrogens is 360 g/mol. The van der Waals surface area contributed by atoms with E-state index in [1.54, 1.807) is 0 Å². The molecule has 0 unspecified atom stereocenters. The number of carbonyl (C=O) groups is 1. The Morgan fingerprint density at radius 2 is 1.74 bits per heavy atom. The Kier molecular flexibility index (Phi) is 8.64. The van der Waals surface area contributed by atoms with Crippen molar-refractivity contribution in [2.75, 3.05) is 12.3 Å². The van der Waals surface area contributed by atoms with E-state index in [2.05, 4.69) is 19.2 Å². The summed E-state index contributed by atoms with van der Waals surface area (Å²) >= 11 is 0. The molecule has 2 aromatic carbocycles. The van der Waals surface area contributed by atoms with E-state index in [0.29, 0.717) is 25.4 Å². The zero-order chi connectivity index (χ0) is 19.2. The van der Waals surface area contributed by atoms with Crippen molar-refractivity contribution in [1.82, 2.24) is 5.32 Å². The van der Waals surface area contributed by atoms with Crippen LogP contribution in [0, 0.1) is 5.92 Å². The summed E-state index contributed by atoms with van der Waals surface area (Å²) in [6, 6.07) is 15.6. The van der Waals surface area contributed by atoms with Gasteiger partial charge < -0.3 is 15.8 Å². The summed E-state index contributed by atoms with van der Waals surface area (Å²) in [5, 5.41) is 3.11. The second-order valence-corrected chi connectivity index (χ2v) is 7.60. The molecule has 0 aliphatic heterocycles. The third-order valence-corrected chi connectivity index (χ3v) is 4.29. The topological polar surface area (TPSA) is 64.3 Å². The van der Waals surface area contributed by atoms with Crippen molar-refractivity contribution in [2.24, 2.45) is 5.92 Å². The molecule has 4 nitrogen and oxygen atoms in total. The molecule has 148 valence electrons. The second kappa shape index (κ2) is 10.2. The van der Waals surface area contributed by atoms with Crippen molar-refractivity contribution in [3.8, 4) is 5.75 Å². The molecule has 5 heteroatoms. The smallest absolute Gasteiger partial charge is 0.221 e. The van der Waals surface area contributed by atoms with Crippen LogP contribution < -0.4 is 15.8 Å². The molecule has 3 N–H and O–H groups in total. The van der Waals surface area contributed by atoms with Crippen molar-refractivity contribution >= 4 is 24.0 Å². The number of rotatable bonds is 8. The van der Waals surface area contributed by atoms with E-state index in [4.69, 9.17) is 10.5 Å². The highest BCUT2D eigenvalue weighted by atomic mass is 35.5. The Hall–Kier alpha value is -2.20. The monoisotopic (exact) mass is 390 g/mol. The third kappa shape index (κ3) is 7.14. The average molecular weight is 391 g/mol. The number of hydrogen-bond donors (Lipinski definition) is 2. The maximum atomic E-state index is 12.4. The SMILES string of the molecule is CC(C)COc1ccc(C(C)(C)NC(=O)CCc2ccccc2N)cc1.Cl. The fraction of sp³-hybridized carbons (Fsp3) is 0.409. The Morgan fingerprint density at radius 3 is 2.33 bits per heavy atom. The highest BCUT2D eigenvalue weighted by Gasteiger charge is 2.22. The predicted molar refractivity (Wildman–Crippen MR) is 114 cm³/mol. The number of aryl methyl sites for hydroxylation is 1. The van der Waals surface area contributed by atoms with Gasteiger partial charge in [0.1, 0.15) is 5.75 Å². The summed E-state index contributed by atoms with van der Waals surface area (Å²) in [5.41, 5.74) is 8.27. The van der Waals surface area contributed by atoms with Crippen molar-refractivity contribution in [1.29, 1.82) is 0 Å². The van der Waals surface area contributed by atoms with Gasteiger partial charge in [-0.05, 0) is 55.5 Å². The van der Waals surface area contributed by atoms with Crippen LogP contribution >= 0.6 is 12.4 Å². The highest BCUT2D eigenvalue weighted by Crippen LogP contribution is 2.23. The van der Waals surface area contributed by atoms with Crippen LogP contribution in [0.2, 0.25) is 0 Å². The van der Waals surface area contributed by atoms with Crippen LogP contribution in [0.5, 0.6) is 5.75 Å². The van der Waals surface area contributed by atoms with Crippen molar-refractivity contribution < 1.29 is 9.53 Å². The molecule has 1 amide bonds. The van der Waals surface area contributed by atoms with Crippen LogP contribution in [0.4, 0.5) is 5.69 Å². The normalized spacial score (nSPS) is 11.0. The Balaban J connectivity index is 0.00000364. The van der Waals surface area contributed by atoms with E-state index in [9.17, 15) is 4.79 Å². The largest absolute Gasteiger partial charge is 0.493 e. The van der Waals surface area contributed by atoms with Gasteiger partial charge in [0.05, 0.1) is 12.1 Å². The quantitative estimate of drug-likeness (QED) is 0.641. The molecule has 0 radical (unpaired) electrons. The number of para-hydroxylation sites is 1. The highest BCUT2D eigenvalue weighted by molar-refractivity contribution is 5.85. The minimum atomic E-state index is -0.449. The van der Waals surface area contributed by atoms with Crippen LogP contribution in [-0.4, -0.2) is 12.5 Å². The molecule has 0 saturated carbocycles. The minimum absolute atomic E-state index is 0. The Bertz CT molecular complexity index is 727. The number of benzene rings is 2. The fourth-order valence-corrected chi connectivity index (χ4v) is 2.72. The Labute approximate surface area is 168 Å². The van der Waals surface area contributed by atoms with E-state index in [1.807, 2.05) is 62.4 Å². The van der Waals surface area contributed by atoms with Gasteiger partial charge in [-0.3, -0.25) is 4.79 Å². The molecule has 0 saturated heterocycles. The lowest BCUT2D eigenvalue weighted by Crippen LogP contribution is -2.41. The summed E-state index contributed by atoms with van der Waals surface area (Å²) in [7, 11) is 0. The zero-order valence-corrected chi connectivity index (χ0v) is 17.4. The molecule has 0 aliphatic carbocycles. The summed E-state index contributed by atoms with van der Waals surface area (Å²) < 4.78 is 5.72. The van der Waals surface area contributed by atoms with Gasteiger partial charge in [0.2, 0.25) is 5.91 Å². The van der Waals surface area contributed by atoms with Gasteiger partial charge >= 0.3 is 0 Å².